The summed E-state index contributed by atoms with van der Waals surface area (Å²) in [4.78, 5) is 0.986. The fourth-order valence-electron chi connectivity index (χ4n) is 1.64. The molecule has 1 aromatic carbocycles. The Kier molecular flexibility index (Phi) is 3.91. The summed E-state index contributed by atoms with van der Waals surface area (Å²) in [5.41, 5.74) is 5.81. The first kappa shape index (κ1) is 12.7. The standard InChI is InChI=1S/C12H10BrF2NS/c13-7-4-5-17-11(7)6-10(16)12-8(14)2-1-3-9(12)15/h1-5,10H,6,16H2. The monoisotopic (exact) mass is 317 g/mol. The number of nitrogens with two attached hydrogens (primary N) is 1. The molecule has 0 radical (unpaired) electrons. The smallest absolute Gasteiger partial charge is 0.130 e. The molecule has 0 aliphatic heterocycles. The molecule has 0 aliphatic rings. The number of thiophene rings is 1. The third-order valence-corrected chi connectivity index (χ3v) is 4.42. The molecule has 5 heteroatoms. The summed E-state index contributed by atoms with van der Waals surface area (Å²) >= 11 is 4.88. The van der Waals surface area contributed by atoms with Crippen molar-refractivity contribution in [2.24, 2.45) is 5.73 Å². The third kappa shape index (κ3) is 2.73. The minimum absolute atomic E-state index is 0.0483. The van der Waals surface area contributed by atoms with Crippen molar-refractivity contribution in [2.75, 3.05) is 0 Å². The van der Waals surface area contributed by atoms with Crippen molar-refractivity contribution in [3.63, 3.8) is 0 Å². The van der Waals surface area contributed by atoms with Gasteiger partial charge in [0.1, 0.15) is 11.6 Å². The van der Waals surface area contributed by atoms with E-state index in [0.717, 1.165) is 9.35 Å². The van der Waals surface area contributed by atoms with E-state index in [-0.39, 0.29) is 5.56 Å². The van der Waals surface area contributed by atoms with Crippen molar-refractivity contribution in [3.05, 3.63) is 56.2 Å². The van der Waals surface area contributed by atoms with Crippen LogP contribution in [0.3, 0.4) is 0 Å². The van der Waals surface area contributed by atoms with Gasteiger partial charge in [-0.15, -0.1) is 11.3 Å². The van der Waals surface area contributed by atoms with Gasteiger partial charge in [0.25, 0.3) is 0 Å². The van der Waals surface area contributed by atoms with Gasteiger partial charge in [0.2, 0.25) is 0 Å². The van der Waals surface area contributed by atoms with Gasteiger partial charge in [0.05, 0.1) is 0 Å². The number of hydrogen-bond donors (Lipinski definition) is 1. The van der Waals surface area contributed by atoms with Crippen molar-refractivity contribution in [2.45, 2.75) is 12.5 Å². The van der Waals surface area contributed by atoms with Gasteiger partial charge >= 0.3 is 0 Å². The molecule has 0 saturated carbocycles. The van der Waals surface area contributed by atoms with Crippen molar-refractivity contribution in [1.29, 1.82) is 0 Å². The van der Waals surface area contributed by atoms with E-state index in [0.29, 0.717) is 6.42 Å². The summed E-state index contributed by atoms with van der Waals surface area (Å²) in [6.07, 6.45) is 0.413. The molecule has 0 fully saturated rings. The molecule has 0 aliphatic carbocycles. The van der Waals surface area contributed by atoms with Gasteiger partial charge in [-0.05, 0) is 39.5 Å². The zero-order chi connectivity index (χ0) is 12.4. The van der Waals surface area contributed by atoms with Crippen LogP contribution in [-0.2, 0) is 6.42 Å². The highest BCUT2D eigenvalue weighted by atomic mass is 79.9. The molecular formula is C12H10BrF2NS. The average Bonchev–Trinajstić information content (AvgIpc) is 2.64. The number of benzene rings is 1. The van der Waals surface area contributed by atoms with Gasteiger partial charge in [-0.2, -0.15) is 0 Å². The molecule has 2 rings (SSSR count). The van der Waals surface area contributed by atoms with Crippen LogP contribution in [0.15, 0.2) is 34.1 Å². The van der Waals surface area contributed by atoms with Crippen molar-refractivity contribution in [3.8, 4) is 0 Å². The Balaban J connectivity index is 2.26. The molecule has 1 aromatic heterocycles. The van der Waals surface area contributed by atoms with E-state index in [1.54, 1.807) is 0 Å². The molecule has 1 unspecified atom stereocenters. The van der Waals surface area contributed by atoms with Gasteiger partial charge < -0.3 is 5.73 Å². The fraction of sp³-hybridized carbons (Fsp3) is 0.167. The summed E-state index contributed by atoms with van der Waals surface area (Å²) < 4.78 is 27.9. The second kappa shape index (κ2) is 5.25. The third-order valence-electron chi connectivity index (χ3n) is 2.47. The highest BCUT2D eigenvalue weighted by Crippen LogP contribution is 2.29. The maximum Gasteiger partial charge on any atom is 0.130 e. The molecule has 1 heterocycles. The van der Waals surface area contributed by atoms with Crippen molar-refractivity contribution < 1.29 is 8.78 Å². The summed E-state index contributed by atoms with van der Waals surface area (Å²) in [5, 5.41) is 1.91. The first-order valence-corrected chi connectivity index (χ1v) is 6.68. The van der Waals surface area contributed by atoms with Gasteiger partial charge in [0.15, 0.2) is 0 Å². The summed E-state index contributed by atoms with van der Waals surface area (Å²) in [6, 6.07) is 5.00. The van der Waals surface area contributed by atoms with Gasteiger partial charge in [-0.1, -0.05) is 6.07 Å². The lowest BCUT2D eigenvalue weighted by Gasteiger charge is -2.13. The van der Waals surface area contributed by atoms with Crippen LogP contribution in [0.2, 0.25) is 0 Å². The van der Waals surface area contributed by atoms with Crippen LogP contribution in [0, 0.1) is 11.6 Å². The Morgan fingerprint density at radius 2 is 1.88 bits per heavy atom. The van der Waals surface area contributed by atoms with E-state index in [1.165, 1.54) is 29.5 Å². The quantitative estimate of drug-likeness (QED) is 0.908. The van der Waals surface area contributed by atoms with Gasteiger partial charge in [0, 0.05) is 27.4 Å². The van der Waals surface area contributed by atoms with Crippen LogP contribution in [0.4, 0.5) is 8.78 Å². The van der Waals surface area contributed by atoms with E-state index >= 15 is 0 Å². The fourth-order valence-corrected chi connectivity index (χ4v) is 3.21. The summed E-state index contributed by atoms with van der Waals surface area (Å²) in [7, 11) is 0. The lowest BCUT2D eigenvalue weighted by Crippen LogP contribution is -2.16. The number of halogens is 3. The lowest BCUT2D eigenvalue weighted by atomic mass is 10.0. The summed E-state index contributed by atoms with van der Waals surface area (Å²) in [5.74, 6) is -1.18. The van der Waals surface area contributed by atoms with E-state index in [2.05, 4.69) is 15.9 Å². The second-order valence-corrected chi connectivity index (χ2v) is 5.49. The molecule has 0 saturated heterocycles. The first-order valence-electron chi connectivity index (χ1n) is 5.01. The molecule has 0 amide bonds. The normalized spacial score (nSPS) is 12.7. The zero-order valence-electron chi connectivity index (χ0n) is 8.79. The van der Waals surface area contributed by atoms with E-state index in [9.17, 15) is 8.78 Å². The second-order valence-electron chi connectivity index (χ2n) is 3.64. The summed E-state index contributed by atoms with van der Waals surface area (Å²) in [6.45, 7) is 0. The lowest BCUT2D eigenvalue weighted by molar-refractivity contribution is 0.525. The van der Waals surface area contributed by atoms with Crippen LogP contribution in [-0.4, -0.2) is 0 Å². The zero-order valence-corrected chi connectivity index (χ0v) is 11.2. The SMILES string of the molecule is NC(Cc1sccc1Br)c1c(F)cccc1F. The molecule has 2 N–H and O–H groups in total. The Bertz CT molecular complexity index is 507. The average molecular weight is 318 g/mol. The topological polar surface area (TPSA) is 26.0 Å². The van der Waals surface area contributed by atoms with Crippen LogP contribution in [0.5, 0.6) is 0 Å². The predicted molar refractivity (Wildman–Crippen MR) is 69.0 cm³/mol. The van der Waals surface area contributed by atoms with Crippen molar-refractivity contribution in [1.82, 2.24) is 0 Å². The molecule has 17 heavy (non-hydrogen) atoms. The molecular weight excluding hydrogens is 308 g/mol. The minimum atomic E-state index is -0.675. The highest BCUT2D eigenvalue weighted by Gasteiger charge is 2.18. The maximum atomic E-state index is 13.5. The highest BCUT2D eigenvalue weighted by molar-refractivity contribution is 9.10. The number of hydrogen-bond acceptors (Lipinski definition) is 2. The molecule has 0 spiro atoms. The van der Waals surface area contributed by atoms with Gasteiger partial charge in [-0.3, -0.25) is 0 Å². The predicted octanol–water partition coefficient (Wildman–Crippen LogP) is 4.03. The molecule has 2 aromatic rings. The first-order chi connectivity index (χ1) is 8.09. The van der Waals surface area contributed by atoms with Crippen molar-refractivity contribution >= 4 is 27.3 Å². The van der Waals surface area contributed by atoms with Crippen LogP contribution < -0.4 is 5.73 Å². The minimum Gasteiger partial charge on any atom is -0.323 e. The maximum absolute atomic E-state index is 13.5. The molecule has 90 valence electrons. The molecule has 1 nitrogen and oxygen atoms in total. The molecule has 1 atom stereocenters. The molecule has 0 bridgehead atoms. The van der Waals surface area contributed by atoms with Crippen LogP contribution >= 0.6 is 27.3 Å². The van der Waals surface area contributed by atoms with E-state index < -0.39 is 17.7 Å². The largest absolute Gasteiger partial charge is 0.323 e. The Hall–Kier alpha value is -0.780. The Morgan fingerprint density at radius 1 is 1.24 bits per heavy atom. The Labute approximate surface area is 110 Å². The Morgan fingerprint density at radius 3 is 2.41 bits per heavy atom. The van der Waals surface area contributed by atoms with Crippen LogP contribution in [0.25, 0.3) is 0 Å². The number of rotatable bonds is 3. The van der Waals surface area contributed by atoms with E-state index in [4.69, 9.17) is 5.73 Å². The van der Waals surface area contributed by atoms with Crippen LogP contribution in [0.1, 0.15) is 16.5 Å². The van der Waals surface area contributed by atoms with E-state index in [1.807, 2.05) is 11.4 Å². The van der Waals surface area contributed by atoms with Gasteiger partial charge in [-0.25, -0.2) is 8.78 Å².